The number of carbonyl (C=O) groups excluding carboxylic acids is 1. The van der Waals surface area contributed by atoms with Gasteiger partial charge in [-0.25, -0.2) is 0 Å². The molecule has 137 valence electrons. The maximum absolute atomic E-state index is 12.8. The molecule has 0 bridgehead atoms. The maximum Gasteiger partial charge on any atom is 0.176 e. The molecule has 0 saturated carbocycles. The van der Waals surface area contributed by atoms with Crippen LogP contribution in [0.15, 0.2) is 53.3 Å². The van der Waals surface area contributed by atoms with Gasteiger partial charge in [-0.1, -0.05) is 37.3 Å². The molecule has 2 aliphatic carbocycles. The standard InChI is InChI=1S/C22H18N5O/c1-13-18-8-7-17-19(15-11-24-25-12-15)26-27-21(17)22(18,9-14(10-23)20(13)28)16-5-3-2-4-6-16/h2-6,9,11-13,18H,7-8H2,1H3,(H,26,27)/t13-,18?,22+/m0/s1. The normalized spacial score (nSPS) is 27.9. The fourth-order valence-electron chi connectivity index (χ4n) is 5.03. The summed E-state index contributed by atoms with van der Waals surface area (Å²) < 4.78 is 0. The van der Waals surface area contributed by atoms with Gasteiger partial charge in [0, 0.05) is 17.1 Å². The molecule has 5 rings (SSSR count). The highest BCUT2D eigenvalue weighted by Crippen LogP contribution is 2.53. The minimum atomic E-state index is -0.602. The third kappa shape index (κ3) is 2.10. The van der Waals surface area contributed by atoms with Gasteiger partial charge in [0.25, 0.3) is 0 Å². The van der Waals surface area contributed by atoms with Crippen LogP contribution in [0, 0.1) is 23.2 Å². The van der Waals surface area contributed by atoms with E-state index in [1.54, 1.807) is 12.4 Å². The van der Waals surface area contributed by atoms with E-state index in [2.05, 4.69) is 33.8 Å². The van der Waals surface area contributed by atoms with E-state index in [0.717, 1.165) is 40.9 Å². The van der Waals surface area contributed by atoms with Crippen molar-refractivity contribution in [2.45, 2.75) is 25.2 Å². The largest absolute Gasteiger partial charge is 0.293 e. The summed E-state index contributed by atoms with van der Waals surface area (Å²) in [6.07, 6.45) is 6.97. The van der Waals surface area contributed by atoms with E-state index in [4.69, 9.17) is 5.10 Å². The van der Waals surface area contributed by atoms with Crippen LogP contribution in [0.25, 0.3) is 5.57 Å². The number of allylic oxidation sites excluding steroid dienone is 3. The first-order chi connectivity index (χ1) is 13.7. The molecule has 2 aromatic rings. The number of H-pyrrole nitrogens is 1. The van der Waals surface area contributed by atoms with Crippen LogP contribution in [-0.2, 0) is 16.6 Å². The van der Waals surface area contributed by atoms with E-state index in [1.165, 1.54) is 0 Å². The van der Waals surface area contributed by atoms with Crippen LogP contribution in [0.4, 0.5) is 0 Å². The molecule has 1 radical (unpaired) electrons. The average Bonchev–Trinajstić information content (AvgIpc) is 3.40. The SMILES string of the molecule is C[C@@H]1C(=O)C(C#N)=C[C@]2(c3ccccc3)c3n[nH]c(C4=C[N]N=C4)c3CCC12. The zero-order valence-corrected chi connectivity index (χ0v) is 15.4. The van der Waals surface area contributed by atoms with Crippen LogP contribution in [0.3, 0.4) is 0 Å². The Labute approximate surface area is 162 Å². The minimum absolute atomic E-state index is 0.0547. The molecule has 1 aromatic heterocycles. The zero-order chi connectivity index (χ0) is 19.3. The predicted molar refractivity (Wildman–Crippen MR) is 104 cm³/mol. The minimum Gasteiger partial charge on any atom is -0.293 e. The molecule has 6 nitrogen and oxygen atoms in total. The second kappa shape index (κ2) is 6.03. The summed E-state index contributed by atoms with van der Waals surface area (Å²) in [6, 6.07) is 12.2. The lowest BCUT2D eigenvalue weighted by Gasteiger charge is -2.46. The Morgan fingerprint density at radius 3 is 2.82 bits per heavy atom. The van der Waals surface area contributed by atoms with Gasteiger partial charge in [0.1, 0.15) is 6.07 Å². The molecule has 6 heteroatoms. The summed E-state index contributed by atoms with van der Waals surface area (Å²) in [4.78, 5) is 12.8. The van der Waals surface area contributed by atoms with Crippen LogP contribution in [0.2, 0.25) is 0 Å². The van der Waals surface area contributed by atoms with Crippen LogP contribution >= 0.6 is 0 Å². The fraction of sp³-hybridized carbons (Fsp3) is 0.273. The van der Waals surface area contributed by atoms with Gasteiger partial charge >= 0.3 is 0 Å². The Bertz CT molecular complexity index is 1100. The van der Waals surface area contributed by atoms with E-state index in [9.17, 15) is 10.1 Å². The lowest BCUT2D eigenvalue weighted by molar-refractivity contribution is -0.121. The van der Waals surface area contributed by atoms with E-state index in [0.29, 0.717) is 0 Å². The Balaban J connectivity index is 1.81. The number of nitriles is 1. The maximum atomic E-state index is 12.8. The highest BCUT2D eigenvalue weighted by molar-refractivity contribution is 6.10. The Morgan fingerprint density at radius 2 is 2.11 bits per heavy atom. The van der Waals surface area contributed by atoms with Crippen molar-refractivity contribution in [2.24, 2.45) is 16.9 Å². The van der Waals surface area contributed by atoms with Gasteiger partial charge in [0.05, 0.1) is 34.8 Å². The molecule has 0 fully saturated rings. The molecule has 1 aliphatic heterocycles. The molecule has 3 atom stereocenters. The molecule has 0 spiro atoms. The number of carbonyl (C=O) groups is 1. The number of rotatable bonds is 2. The third-order valence-corrected chi connectivity index (χ3v) is 6.32. The quantitative estimate of drug-likeness (QED) is 0.883. The summed E-state index contributed by atoms with van der Waals surface area (Å²) >= 11 is 0. The van der Waals surface area contributed by atoms with Gasteiger partial charge in [-0.05, 0) is 30.4 Å². The van der Waals surface area contributed by atoms with Crippen molar-refractivity contribution < 1.29 is 4.79 Å². The monoisotopic (exact) mass is 368 g/mol. The number of fused-ring (bicyclic) bond motifs is 3. The molecule has 1 unspecified atom stereocenters. The number of benzene rings is 1. The predicted octanol–water partition coefficient (Wildman–Crippen LogP) is 2.87. The van der Waals surface area contributed by atoms with Crippen molar-refractivity contribution in [3.63, 3.8) is 0 Å². The lowest BCUT2D eigenvalue weighted by Crippen LogP contribution is -2.48. The first kappa shape index (κ1) is 16.7. The number of hydrogen-bond donors (Lipinski definition) is 1. The number of ketones is 1. The van der Waals surface area contributed by atoms with E-state index < -0.39 is 5.41 Å². The summed E-state index contributed by atoms with van der Waals surface area (Å²) in [7, 11) is 0. The van der Waals surface area contributed by atoms with Crippen LogP contribution in [0.5, 0.6) is 0 Å². The van der Waals surface area contributed by atoms with Crippen molar-refractivity contribution in [1.29, 1.82) is 5.26 Å². The van der Waals surface area contributed by atoms with Gasteiger partial charge in [-0.15, -0.1) is 0 Å². The first-order valence-corrected chi connectivity index (χ1v) is 9.41. The van der Waals surface area contributed by atoms with Crippen molar-refractivity contribution in [2.75, 3.05) is 0 Å². The van der Waals surface area contributed by atoms with E-state index >= 15 is 0 Å². The molecular weight excluding hydrogens is 350 g/mol. The van der Waals surface area contributed by atoms with Crippen molar-refractivity contribution in [3.05, 3.63) is 70.7 Å². The molecule has 1 N–H and O–H groups in total. The molecule has 0 amide bonds. The summed E-state index contributed by atoms with van der Waals surface area (Å²) in [5.74, 6) is -0.253. The second-order valence-corrected chi connectivity index (χ2v) is 7.57. The number of Topliss-reactive ketones (excluding diaryl/α,β-unsaturated/α-hetero) is 1. The smallest absolute Gasteiger partial charge is 0.176 e. The van der Waals surface area contributed by atoms with Crippen molar-refractivity contribution in [1.82, 2.24) is 15.6 Å². The summed E-state index contributed by atoms with van der Waals surface area (Å²) in [5, 5.41) is 21.5. The van der Waals surface area contributed by atoms with Gasteiger partial charge < -0.3 is 0 Å². The number of nitrogens with one attached hydrogen (secondary N) is 1. The lowest BCUT2D eigenvalue weighted by atomic mass is 9.54. The number of aromatic amines is 1. The van der Waals surface area contributed by atoms with Gasteiger partial charge in [-0.2, -0.15) is 20.9 Å². The number of hydrogen-bond acceptors (Lipinski definition) is 4. The molecule has 0 saturated heterocycles. The molecule has 28 heavy (non-hydrogen) atoms. The third-order valence-electron chi connectivity index (χ3n) is 6.32. The zero-order valence-electron chi connectivity index (χ0n) is 15.4. The average molecular weight is 368 g/mol. The molecule has 3 aliphatic rings. The van der Waals surface area contributed by atoms with Gasteiger partial charge in [0.2, 0.25) is 0 Å². The summed E-state index contributed by atoms with van der Waals surface area (Å²) in [5.41, 5.74) is 8.46. The molecule has 2 heterocycles. The Hall–Kier alpha value is -3.46. The van der Waals surface area contributed by atoms with Gasteiger partial charge in [-0.3, -0.25) is 9.89 Å². The topological polar surface area (TPSA) is 96.0 Å². The Kier molecular flexibility index (Phi) is 3.59. The molecular formula is C22H18N5O. The fourth-order valence-corrected chi connectivity index (χ4v) is 5.03. The highest BCUT2D eigenvalue weighted by atomic mass is 16.1. The first-order valence-electron chi connectivity index (χ1n) is 9.41. The number of nitrogens with zero attached hydrogens (tertiary/aromatic N) is 4. The van der Waals surface area contributed by atoms with Crippen molar-refractivity contribution >= 4 is 17.6 Å². The Morgan fingerprint density at radius 1 is 1.29 bits per heavy atom. The van der Waals surface area contributed by atoms with Crippen LogP contribution in [-0.4, -0.2) is 22.2 Å². The highest BCUT2D eigenvalue weighted by Gasteiger charge is 2.53. The van der Waals surface area contributed by atoms with E-state index in [1.807, 2.05) is 31.2 Å². The van der Waals surface area contributed by atoms with Gasteiger partial charge in [0.15, 0.2) is 5.78 Å². The second-order valence-electron chi connectivity index (χ2n) is 7.57. The van der Waals surface area contributed by atoms with Crippen molar-refractivity contribution in [3.8, 4) is 6.07 Å². The number of aromatic nitrogens is 2. The van der Waals surface area contributed by atoms with E-state index in [-0.39, 0.29) is 23.2 Å². The molecule has 1 aromatic carbocycles. The van der Waals surface area contributed by atoms with Crippen LogP contribution < -0.4 is 5.43 Å². The summed E-state index contributed by atoms with van der Waals surface area (Å²) in [6.45, 7) is 1.94. The van der Waals surface area contributed by atoms with Crippen LogP contribution in [0.1, 0.15) is 35.9 Å².